The normalized spacial score (nSPS) is 12.5. The molecule has 2 rings (SSSR count). The van der Waals surface area contributed by atoms with Crippen LogP contribution in [0.4, 0.5) is 0 Å². The summed E-state index contributed by atoms with van der Waals surface area (Å²) in [5.74, 6) is 2.16. The lowest BCUT2D eigenvalue weighted by Crippen LogP contribution is -2.05. The second-order valence-corrected chi connectivity index (χ2v) is 6.16. The van der Waals surface area contributed by atoms with Gasteiger partial charge in [-0.25, -0.2) is 0 Å². The summed E-state index contributed by atoms with van der Waals surface area (Å²) in [6.07, 6.45) is 0. The molecule has 0 radical (unpaired) electrons. The third-order valence-electron chi connectivity index (χ3n) is 3.22. The second-order valence-electron chi connectivity index (χ2n) is 5.30. The minimum absolute atomic E-state index is 0.00249. The zero-order valence-electron chi connectivity index (χ0n) is 12.1. The van der Waals surface area contributed by atoms with E-state index in [1.807, 2.05) is 37.3 Å². The third kappa shape index (κ3) is 3.62. The first-order valence-corrected chi connectivity index (χ1v) is 7.59. The average molecular weight is 334 g/mol. The van der Waals surface area contributed by atoms with Gasteiger partial charge in [-0.15, -0.1) is 0 Å². The Labute approximate surface area is 129 Å². The molecule has 0 bridgehead atoms. The van der Waals surface area contributed by atoms with Crippen LogP contribution >= 0.6 is 15.9 Å². The monoisotopic (exact) mass is 333 g/mol. The van der Waals surface area contributed by atoms with Crippen LogP contribution in [0.25, 0.3) is 0 Å². The lowest BCUT2D eigenvalue weighted by Gasteiger charge is -2.12. The quantitative estimate of drug-likeness (QED) is 0.814. The van der Waals surface area contributed by atoms with Gasteiger partial charge in [0.1, 0.15) is 11.5 Å². The van der Waals surface area contributed by atoms with Crippen molar-refractivity contribution in [3.63, 3.8) is 0 Å². The van der Waals surface area contributed by atoms with E-state index < -0.39 is 0 Å². The van der Waals surface area contributed by atoms with E-state index in [-0.39, 0.29) is 6.04 Å². The molecular formula is C17H20BrNO. The first kappa shape index (κ1) is 15.1. The van der Waals surface area contributed by atoms with Crippen LogP contribution in [0.1, 0.15) is 43.9 Å². The third-order valence-corrected chi connectivity index (χ3v) is 3.91. The molecule has 0 spiro atoms. The summed E-state index contributed by atoms with van der Waals surface area (Å²) >= 11 is 3.54. The Morgan fingerprint density at radius 2 is 1.70 bits per heavy atom. The SMILES string of the molecule is CC(C)c1cccc(Oc2ccc([C@H](C)N)c(Br)c2)c1. The Balaban J connectivity index is 2.22. The van der Waals surface area contributed by atoms with Gasteiger partial charge in [-0.3, -0.25) is 0 Å². The van der Waals surface area contributed by atoms with E-state index in [1.54, 1.807) is 0 Å². The van der Waals surface area contributed by atoms with Crippen LogP contribution in [-0.2, 0) is 0 Å². The number of nitrogens with two attached hydrogens (primary N) is 1. The molecule has 2 N–H and O–H groups in total. The van der Waals surface area contributed by atoms with Crippen LogP contribution < -0.4 is 10.5 Å². The van der Waals surface area contributed by atoms with Gasteiger partial charge in [-0.2, -0.15) is 0 Å². The van der Waals surface area contributed by atoms with Crippen LogP contribution in [0.3, 0.4) is 0 Å². The molecule has 2 aromatic rings. The molecule has 0 aliphatic rings. The molecular weight excluding hydrogens is 314 g/mol. The number of halogens is 1. The van der Waals surface area contributed by atoms with Gasteiger partial charge in [-0.05, 0) is 48.2 Å². The molecule has 0 aromatic heterocycles. The van der Waals surface area contributed by atoms with Crippen molar-refractivity contribution >= 4 is 15.9 Å². The molecule has 0 amide bonds. The molecule has 20 heavy (non-hydrogen) atoms. The van der Waals surface area contributed by atoms with Crippen molar-refractivity contribution < 1.29 is 4.74 Å². The zero-order valence-corrected chi connectivity index (χ0v) is 13.6. The molecule has 0 heterocycles. The van der Waals surface area contributed by atoms with Gasteiger partial charge in [0.2, 0.25) is 0 Å². The summed E-state index contributed by atoms with van der Waals surface area (Å²) < 4.78 is 6.89. The predicted molar refractivity (Wildman–Crippen MR) is 87.3 cm³/mol. The number of ether oxygens (including phenoxy) is 1. The van der Waals surface area contributed by atoms with E-state index >= 15 is 0 Å². The molecule has 2 nitrogen and oxygen atoms in total. The van der Waals surface area contributed by atoms with Crippen molar-refractivity contribution in [1.29, 1.82) is 0 Å². The van der Waals surface area contributed by atoms with Gasteiger partial charge in [0.15, 0.2) is 0 Å². The molecule has 0 unspecified atom stereocenters. The fourth-order valence-electron chi connectivity index (χ4n) is 2.01. The molecule has 0 fully saturated rings. The van der Waals surface area contributed by atoms with Crippen molar-refractivity contribution in [3.05, 3.63) is 58.1 Å². The number of hydrogen-bond acceptors (Lipinski definition) is 2. The predicted octanol–water partition coefficient (Wildman–Crippen LogP) is 5.38. The maximum Gasteiger partial charge on any atom is 0.128 e. The Kier molecular flexibility index (Phi) is 4.84. The van der Waals surface area contributed by atoms with Crippen LogP contribution in [0.2, 0.25) is 0 Å². The van der Waals surface area contributed by atoms with Crippen LogP contribution in [0.5, 0.6) is 11.5 Å². The largest absolute Gasteiger partial charge is 0.457 e. The topological polar surface area (TPSA) is 35.2 Å². The molecule has 0 aliphatic carbocycles. The highest BCUT2D eigenvalue weighted by atomic mass is 79.9. The summed E-state index contributed by atoms with van der Waals surface area (Å²) in [6, 6.07) is 14.1. The zero-order chi connectivity index (χ0) is 14.7. The standard InChI is InChI=1S/C17H20BrNO/c1-11(2)13-5-4-6-14(9-13)20-15-7-8-16(12(3)19)17(18)10-15/h4-12H,19H2,1-3H3/t12-/m0/s1. The molecule has 0 saturated heterocycles. The Bertz CT molecular complexity index is 593. The summed E-state index contributed by atoms with van der Waals surface area (Å²) in [4.78, 5) is 0. The van der Waals surface area contributed by atoms with E-state index in [1.165, 1.54) is 5.56 Å². The highest BCUT2D eigenvalue weighted by Crippen LogP contribution is 2.30. The number of hydrogen-bond donors (Lipinski definition) is 1. The lowest BCUT2D eigenvalue weighted by atomic mass is 10.0. The van der Waals surface area contributed by atoms with Crippen LogP contribution in [0.15, 0.2) is 46.9 Å². The fourth-order valence-corrected chi connectivity index (χ4v) is 2.73. The van der Waals surface area contributed by atoms with Gasteiger partial charge >= 0.3 is 0 Å². The van der Waals surface area contributed by atoms with Crippen molar-refractivity contribution in [3.8, 4) is 11.5 Å². The van der Waals surface area contributed by atoms with Crippen LogP contribution in [-0.4, -0.2) is 0 Å². The van der Waals surface area contributed by atoms with E-state index in [0.29, 0.717) is 5.92 Å². The van der Waals surface area contributed by atoms with Gasteiger partial charge in [0.05, 0.1) is 0 Å². The second kappa shape index (κ2) is 6.42. The lowest BCUT2D eigenvalue weighted by molar-refractivity contribution is 0.481. The van der Waals surface area contributed by atoms with Gasteiger partial charge in [0.25, 0.3) is 0 Å². The summed E-state index contributed by atoms with van der Waals surface area (Å²) in [5, 5.41) is 0. The molecule has 0 saturated carbocycles. The van der Waals surface area contributed by atoms with Crippen LogP contribution in [0, 0.1) is 0 Å². The Morgan fingerprint density at radius 3 is 2.30 bits per heavy atom. The Morgan fingerprint density at radius 1 is 1.00 bits per heavy atom. The summed E-state index contributed by atoms with van der Waals surface area (Å²) in [6.45, 7) is 6.31. The van der Waals surface area contributed by atoms with Crippen molar-refractivity contribution in [1.82, 2.24) is 0 Å². The van der Waals surface area contributed by atoms with E-state index in [9.17, 15) is 0 Å². The first-order valence-electron chi connectivity index (χ1n) is 6.80. The molecule has 2 aromatic carbocycles. The highest BCUT2D eigenvalue weighted by Gasteiger charge is 2.07. The fraction of sp³-hybridized carbons (Fsp3) is 0.294. The molecule has 0 aliphatic heterocycles. The number of benzene rings is 2. The maximum absolute atomic E-state index is 5.91. The van der Waals surface area contributed by atoms with E-state index in [4.69, 9.17) is 10.5 Å². The summed E-state index contributed by atoms with van der Waals surface area (Å²) in [5.41, 5.74) is 8.25. The van der Waals surface area contributed by atoms with Crippen molar-refractivity contribution in [2.75, 3.05) is 0 Å². The van der Waals surface area contributed by atoms with Gasteiger partial charge in [-0.1, -0.05) is 48.0 Å². The highest BCUT2D eigenvalue weighted by molar-refractivity contribution is 9.10. The summed E-state index contributed by atoms with van der Waals surface area (Å²) in [7, 11) is 0. The smallest absolute Gasteiger partial charge is 0.128 e. The molecule has 1 atom stereocenters. The van der Waals surface area contributed by atoms with Crippen molar-refractivity contribution in [2.45, 2.75) is 32.7 Å². The number of rotatable bonds is 4. The first-order chi connectivity index (χ1) is 9.47. The van der Waals surface area contributed by atoms with Crippen molar-refractivity contribution in [2.24, 2.45) is 5.73 Å². The van der Waals surface area contributed by atoms with E-state index in [2.05, 4.69) is 41.9 Å². The van der Waals surface area contributed by atoms with Gasteiger partial charge in [0, 0.05) is 10.5 Å². The molecule has 3 heteroatoms. The van der Waals surface area contributed by atoms with Gasteiger partial charge < -0.3 is 10.5 Å². The minimum atomic E-state index is 0.00249. The van der Waals surface area contributed by atoms with E-state index in [0.717, 1.165) is 21.5 Å². The Hall–Kier alpha value is -1.32. The maximum atomic E-state index is 5.91. The minimum Gasteiger partial charge on any atom is -0.457 e. The molecule has 106 valence electrons. The average Bonchev–Trinajstić information content (AvgIpc) is 2.38.